The highest BCUT2D eigenvalue weighted by Crippen LogP contribution is 2.35. The van der Waals surface area contributed by atoms with Crippen molar-refractivity contribution < 1.29 is 19.4 Å². The number of carbonyl (C=O) groups excluding carboxylic acids is 2. The minimum Gasteiger partial charge on any atom is -0.507 e. The van der Waals surface area contributed by atoms with Crippen LogP contribution in [-0.4, -0.2) is 24.0 Å². The third kappa shape index (κ3) is 2.13. The van der Waals surface area contributed by atoms with Gasteiger partial charge in [0.25, 0.3) is 0 Å². The van der Waals surface area contributed by atoms with Crippen molar-refractivity contribution in [3.8, 4) is 5.75 Å². The minimum absolute atomic E-state index is 0.0967. The van der Waals surface area contributed by atoms with Crippen LogP contribution >= 0.6 is 0 Å². The predicted molar refractivity (Wildman–Crippen MR) is 76.4 cm³/mol. The molecule has 0 saturated carbocycles. The molecule has 0 fully saturated rings. The summed E-state index contributed by atoms with van der Waals surface area (Å²) in [5, 5.41) is 11.3. The summed E-state index contributed by atoms with van der Waals surface area (Å²) >= 11 is 0. The summed E-state index contributed by atoms with van der Waals surface area (Å²) < 4.78 is 5.06. The molecule has 0 heterocycles. The van der Waals surface area contributed by atoms with Crippen LogP contribution in [0, 0.1) is 13.8 Å². The van der Waals surface area contributed by atoms with E-state index in [1.807, 2.05) is 19.1 Å². The highest BCUT2D eigenvalue weighted by atomic mass is 16.5. The largest absolute Gasteiger partial charge is 0.507 e. The average molecular weight is 272 g/mol. The normalized spacial score (nSPS) is 10.6. The third-order valence-corrected chi connectivity index (χ3v) is 3.33. The number of phenols is 1. The van der Waals surface area contributed by atoms with Crippen LogP contribution in [0.5, 0.6) is 5.75 Å². The first-order valence-corrected chi connectivity index (χ1v) is 6.39. The molecule has 0 aliphatic heterocycles. The summed E-state index contributed by atoms with van der Waals surface area (Å²) in [4.78, 5) is 23.3. The number of hydrogen-bond donors (Lipinski definition) is 1. The summed E-state index contributed by atoms with van der Waals surface area (Å²) in [6, 6.07) is 5.33. The lowest BCUT2D eigenvalue weighted by molar-refractivity contribution is 0.0528. The van der Waals surface area contributed by atoms with E-state index in [0.29, 0.717) is 28.2 Å². The first-order chi connectivity index (χ1) is 9.51. The van der Waals surface area contributed by atoms with Crippen LogP contribution in [0.2, 0.25) is 0 Å². The molecule has 0 unspecified atom stereocenters. The molecule has 0 aliphatic carbocycles. The number of rotatable bonds is 3. The minimum atomic E-state index is -0.483. The summed E-state index contributed by atoms with van der Waals surface area (Å²) in [6.45, 7) is 5.51. The average Bonchev–Trinajstić information content (AvgIpc) is 2.39. The van der Waals surface area contributed by atoms with E-state index < -0.39 is 5.97 Å². The molecule has 0 saturated heterocycles. The molecule has 0 radical (unpaired) electrons. The first kappa shape index (κ1) is 14.1. The van der Waals surface area contributed by atoms with E-state index in [2.05, 4.69) is 0 Å². The van der Waals surface area contributed by atoms with Gasteiger partial charge in [-0.05, 0) is 26.3 Å². The number of hydrogen-bond acceptors (Lipinski definition) is 4. The van der Waals surface area contributed by atoms with Crippen LogP contribution in [0.1, 0.15) is 38.8 Å². The number of fused-ring (bicyclic) bond motifs is 1. The summed E-state index contributed by atoms with van der Waals surface area (Å²) in [5.74, 6) is -0.579. The summed E-state index contributed by atoms with van der Waals surface area (Å²) in [7, 11) is 0. The molecule has 104 valence electrons. The first-order valence-electron chi connectivity index (χ1n) is 6.39. The number of carbonyl (C=O) groups is 2. The third-order valence-electron chi connectivity index (χ3n) is 3.33. The van der Waals surface area contributed by atoms with Crippen molar-refractivity contribution in [2.24, 2.45) is 0 Å². The molecular weight excluding hydrogens is 256 g/mol. The second-order valence-corrected chi connectivity index (χ2v) is 4.65. The van der Waals surface area contributed by atoms with E-state index in [0.717, 1.165) is 5.56 Å². The topological polar surface area (TPSA) is 63.6 Å². The van der Waals surface area contributed by atoms with E-state index in [4.69, 9.17) is 4.74 Å². The maximum absolute atomic E-state index is 12.2. The second-order valence-electron chi connectivity index (χ2n) is 4.65. The van der Waals surface area contributed by atoms with E-state index in [1.54, 1.807) is 19.9 Å². The van der Waals surface area contributed by atoms with Gasteiger partial charge >= 0.3 is 5.97 Å². The predicted octanol–water partition coefficient (Wildman–Crippen LogP) is 3.15. The number of ether oxygens (including phenoxy) is 1. The van der Waals surface area contributed by atoms with Gasteiger partial charge in [0.1, 0.15) is 5.75 Å². The molecule has 0 aromatic heterocycles. The molecule has 0 bridgehead atoms. The fourth-order valence-corrected chi connectivity index (χ4v) is 2.34. The van der Waals surface area contributed by atoms with E-state index in [1.165, 1.54) is 0 Å². The van der Waals surface area contributed by atoms with Crippen molar-refractivity contribution in [2.45, 2.75) is 20.8 Å². The number of aromatic hydroxyl groups is 1. The van der Waals surface area contributed by atoms with Gasteiger partial charge in [0.05, 0.1) is 17.7 Å². The zero-order valence-electron chi connectivity index (χ0n) is 11.7. The van der Waals surface area contributed by atoms with Crippen molar-refractivity contribution in [1.82, 2.24) is 0 Å². The van der Waals surface area contributed by atoms with Crippen LogP contribution in [0.4, 0.5) is 0 Å². The van der Waals surface area contributed by atoms with Gasteiger partial charge in [0, 0.05) is 10.8 Å². The van der Waals surface area contributed by atoms with Crippen LogP contribution in [0.3, 0.4) is 0 Å². The van der Waals surface area contributed by atoms with Gasteiger partial charge in [-0.1, -0.05) is 23.8 Å². The number of benzene rings is 2. The zero-order chi connectivity index (χ0) is 14.9. The van der Waals surface area contributed by atoms with Crippen LogP contribution in [-0.2, 0) is 4.74 Å². The zero-order valence-corrected chi connectivity index (χ0v) is 11.7. The van der Waals surface area contributed by atoms with Gasteiger partial charge in [0.2, 0.25) is 0 Å². The standard InChI is InChI=1S/C16H16O4/c1-4-20-16(19)14-10(3)13(8-17)15(18)11-6-5-9(2)7-12(11)14/h5-8,18H,4H2,1-3H3. The number of esters is 1. The Morgan fingerprint density at radius 3 is 2.60 bits per heavy atom. The maximum atomic E-state index is 12.2. The van der Waals surface area contributed by atoms with Crippen molar-refractivity contribution in [3.63, 3.8) is 0 Å². The Bertz CT molecular complexity index is 701. The van der Waals surface area contributed by atoms with E-state index in [-0.39, 0.29) is 17.9 Å². The summed E-state index contributed by atoms with van der Waals surface area (Å²) in [6.07, 6.45) is 0.562. The number of aldehydes is 1. The molecule has 2 aromatic rings. The Labute approximate surface area is 117 Å². The Morgan fingerprint density at radius 1 is 1.30 bits per heavy atom. The lowest BCUT2D eigenvalue weighted by Gasteiger charge is -2.14. The van der Waals surface area contributed by atoms with Gasteiger partial charge in [-0.25, -0.2) is 4.79 Å². The summed E-state index contributed by atoms with van der Waals surface area (Å²) in [5.41, 5.74) is 1.87. The van der Waals surface area contributed by atoms with Crippen molar-refractivity contribution >= 4 is 23.0 Å². The molecule has 4 nitrogen and oxygen atoms in total. The molecule has 2 rings (SSSR count). The fourth-order valence-electron chi connectivity index (χ4n) is 2.34. The van der Waals surface area contributed by atoms with Gasteiger partial charge in [-0.2, -0.15) is 0 Å². The van der Waals surface area contributed by atoms with Crippen molar-refractivity contribution in [1.29, 1.82) is 0 Å². The van der Waals surface area contributed by atoms with Gasteiger partial charge in [-0.15, -0.1) is 0 Å². The molecule has 1 N–H and O–H groups in total. The lowest BCUT2D eigenvalue weighted by atomic mass is 9.93. The highest BCUT2D eigenvalue weighted by Gasteiger charge is 2.21. The molecule has 2 aromatic carbocycles. The molecule has 0 aliphatic rings. The van der Waals surface area contributed by atoms with Crippen molar-refractivity contribution in [2.75, 3.05) is 6.61 Å². The Hall–Kier alpha value is -2.36. The van der Waals surface area contributed by atoms with Crippen LogP contribution < -0.4 is 0 Å². The SMILES string of the molecule is CCOC(=O)c1c(C)c(C=O)c(O)c2ccc(C)cc12. The van der Waals surface area contributed by atoms with Gasteiger partial charge in [0.15, 0.2) is 6.29 Å². The maximum Gasteiger partial charge on any atom is 0.339 e. The van der Waals surface area contributed by atoms with Gasteiger partial charge < -0.3 is 9.84 Å². The van der Waals surface area contributed by atoms with E-state index >= 15 is 0 Å². The van der Waals surface area contributed by atoms with Crippen LogP contribution in [0.25, 0.3) is 10.8 Å². The Balaban J connectivity index is 2.92. The Kier molecular flexibility index (Phi) is 3.74. The van der Waals surface area contributed by atoms with Crippen molar-refractivity contribution in [3.05, 3.63) is 40.5 Å². The molecular formula is C16H16O4. The molecule has 0 spiro atoms. The number of aryl methyl sites for hydroxylation is 1. The molecule has 20 heavy (non-hydrogen) atoms. The lowest BCUT2D eigenvalue weighted by Crippen LogP contribution is -2.09. The molecule has 0 atom stereocenters. The van der Waals surface area contributed by atoms with Crippen LogP contribution in [0.15, 0.2) is 18.2 Å². The van der Waals surface area contributed by atoms with Gasteiger partial charge in [-0.3, -0.25) is 4.79 Å². The van der Waals surface area contributed by atoms with E-state index in [9.17, 15) is 14.7 Å². The monoisotopic (exact) mass is 272 g/mol. The highest BCUT2D eigenvalue weighted by molar-refractivity contribution is 6.11. The Morgan fingerprint density at radius 2 is 2.00 bits per heavy atom. The fraction of sp³-hybridized carbons (Fsp3) is 0.250. The quantitative estimate of drug-likeness (QED) is 0.688. The number of phenolic OH excluding ortho intramolecular Hbond substituents is 1. The molecule has 0 amide bonds. The molecule has 4 heteroatoms. The smallest absolute Gasteiger partial charge is 0.339 e. The second kappa shape index (κ2) is 5.33.